The third-order valence-electron chi connectivity index (χ3n) is 3.16. The molecule has 102 valence electrons. The number of pyridine rings is 1. The van der Waals surface area contributed by atoms with E-state index in [2.05, 4.69) is 4.98 Å². The maximum absolute atomic E-state index is 13.1. The third kappa shape index (κ3) is 2.47. The van der Waals surface area contributed by atoms with Gasteiger partial charge in [0.15, 0.2) is 0 Å². The highest BCUT2D eigenvalue weighted by Crippen LogP contribution is 2.22. The number of hydrogen-bond donors (Lipinski definition) is 0. The van der Waals surface area contributed by atoms with Crippen molar-refractivity contribution >= 4 is 5.91 Å². The molecule has 1 aromatic heterocycles. The number of benzene rings is 1. The monoisotopic (exact) mass is 272 g/mol. The molecule has 2 aromatic rings. The predicted octanol–water partition coefficient (Wildman–Crippen LogP) is 2.26. The number of halogens is 1. The lowest BCUT2D eigenvalue weighted by molar-refractivity contribution is 0.0743. The van der Waals surface area contributed by atoms with Crippen molar-refractivity contribution in [2.75, 3.05) is 13.2 Å². The Morgan fingerprint density at radius 1 is 1.20 bits per heavy atom. The van der Waals surface area contributed by atoms with Crippen molar-refractivity contribution in [1.82, 2.24) is 9.88 Å². The number of hydrogen-bond acceptors (Lipinski definition) is 3. The van der Waals surface area contributed by atoms with Crippen LogP contribution in [0.2, 0.25) is 0 Å². The van der Waals surface area contributed by atoms with Gasteiger partial charge in [0.05, 0.1) is 6.54 Å². The summed E-state index contributed by atoms with van der Waals surface area (Å²) in [6, 6.07) is 12.3. The van der Waals surface area contributed by atoms with Crippen LogP contribution in [0.5, 0.6) is 5.88 Å². The smallest absolute Gasteiger partial charge is 0.259 e. The van der Waals surface area contributed by atoms with Crippen molar-refractivity contribution in [3.8, 4) is 5.88 Å². The fourth-order valence-electron chi connectivity index (χ4n) is 2.17. The molecule has 3 rings (SSSR count). The van der Waals surface area contributed by atoms with E-state index in [0.717, 1.165) is 5.56 Å². The van der Waals surface area contributed by atoms with E-state index in [1.807, 2.05) is 30.3 Å². The first-order chi connectivity index (χ1) is 9.74. The molecule has 2 heterocycles. The van der Waals surface area contributed by atoms with Crippen LogP contribution in [0.1, 0.15) is 15.9 Å². The Hall–Kier alpha value is -2.43. The van der Waals surface area contributed by atoms with Crippen molar-refractivity contribution in [3.63, 3.8) is 0 Å². The summed E-state index contributed by atoms with van der Waals surface area (Å²) in [5.74, 6) is -0.757. The van der Waals surface area contributed by atoms with Crippen molar-refractivity contribution < 1.29 is 13.9 Å². The fourth-order valence-corrected chi connectivity index (χ4v) is 2.17. The highest BCUT2D eigenvalue weighted by Gasteiger charge is 2.24. The van der Waals surface area contributed by atoms with E-state index >= 15 is 0 Å². The molecule has 5 heteroatoms. The molecule has 0 radical (unpaired) electrons. The fraction of sp³-hybridized carbons (Fsp3) is 0.200. The molecule has 0 unspecified atom stereocenters. The summed E-state index contributed by atoms with van der Waals surface area (Å²) in [5, 5.41) is 0. The molecule has 1 amide bonds. The molecular formula is C15H13FN2O2. The van der Waals surface area contributed by atoms with Crippen LogP contribution in [0.15, 0.2) is 42.5 Å². The zero-order chi connectivity index (χ0) is 13.9. The molecule has 1 aromatic carbocycles. The van der Waals surface area contributed by atoms with Crippen LogP contribution in [-0.2, 0) is 6.54 Å². The minimum atomic E-state index is -0.645. The highest BCUT2D eigenvalue weighted by molar-refractivity contribution is 5.96. The second-order valence-electron chi connectivity index (χ2n) is 4.55. The van der Waals surface area contributed by atoms with E-state index < -0.39 is 5.95 Å². The molecular weight excluding hydrogens is 259 g/mol. The number of ether oxygens (including phenoxy) is 1. The van der Waals surface area contributed by atoms with Gasteiger partial charge in [-0.1, -0.05) is 30.3 Å². The Morgan fingerprint density at radius 3 is 2.80 bits per heavy atom. The zero-order valence-electron chi connectivity index (χ0n) is 10.8. The summed E-state index contributed by atoms with van der Waals surface area (Å²) in [6.07, 6.45) is 0. The van der Waals surface area contributed by atoms with Gasteiger partial charge in [0.1, 0.15) is 12.2 Å². The maximum Gasteiger partial charge on any atom is 0.259 e. The lowest BCUT2D eigenvalue weighted by Gasteiger charge is -2.19. The molecule has 0 bridgehead atoms. The number of nitrogens with zero attached hydrogens (tertiary/aromatic N) is 2. The number of fused-ring (bicyclic) bond motifs is 1. The SMILES string of the molecule is O=C1c2ccc(F)nc2OCCN1Cc1ccccc1. The van der Waals surface area contributed by atoms with Crippen LogP contribution >= 0.6 is 0 Å². The Balaban J connectivity index is 1.87. The second-order valence-corrected chi connectivity index (χ2v) is 4.55. The number of amides is 1. The summed E-state index contributed by atoms with van der Waals surface area (Å²) in [5.41, 5.74) is 1.35. The van der Waals surface area contributed by atoms with Gasteiger partial charge < -0.3 is 9.64 Å². The molecule has 4 nitrogen and oxygen atoms in total. The molecule has 1 aliphatic heterocycles. The number of rotatable bonds is 2. The van der Waals surface area contributed by atoms with Gasteiger partial charge in [0, 0.05) is 6.54 Å². The number of aromatic nitrogens is 1. The van der Waals surface area contributed by atoms with Gasteiger partial charge in [-0.05, 0) is 17.7 Å². The summed E-state index contributed by atoms with van der Waals surface area (Å²) in [4.78, 5) is 17.7. The average Bonchev–Trinajstić information content (AvgIpc) is 2.60. The van der Waals surface area contributed by atoms with Crippen LogP contribution in [0.3, 0.4) is 0 Å². The maximum atomic E-state index is 13.1. The lowest BCUT2D eigenvalue weighted by atomic mass is 10.2. The first-order valence-electron chi connectivity index (χ1n) is 6.36. The Kier molecular flexibility index (Phi) is 3.33. The van der Waals surface area contributed by atoms with Crippen molar-refractivity contribution in [2.24, 2.45) is 0 Å². The summed E-state index contributed by atoms with van der Waals surface area (Å²) >= 11 is 0. The van der Waals surface area contributed by atoms with Crippen LogP contribution in [0, 0.1) is 5.95 Å². The predicted molar refractivity (Wildman–Crippen MR) is 70.9 cm³/mol. The number of carbonyl (C=O) groups excluding carboxylic acids is 1. The van der Waals surface area contributed by atoms with E-state index in [-0.39, 0.29) is 11.8 Å². The standard InChI is InChI=1S/C15H13FN2O2/c16-13-7-6-12-14(17-13)20-9-8-18(15(12)19)10-11-4-2-1-3-5-11/h1-7H,8-10H2. The Morgan fingerprint density at radius 2 is 2.00 bits per heavy atom. The van der Waals surface area contributed by atoms with Gasteiger partial charge in [0.2, 0.25) is 11.8 Å². The van der Waals surface area contributed by atoms with E-state index in [9.17, 15) is 9.18 Å². The molecule has 0 fully saturated rings. The van der Waals surface area contributed by atoms with Crippen LogP contribution in [0.25, 0.3) is 0 Å². The van der Waals surface area contributed by atoms with Crippen molar-refractivity contribution in [2.45, 2.75) is 6.54 Å². The van der Waals surface area contributed by atoms with Crippen LogP contribution in [-0.4, -0.2) is 28.9 Å². The molecule has 0 spiro atoms. The van der Waals surface area contributed by atoms with Gasteiger partial charge in [-0.3, -0.25) is 4.79 Å². The third-order valence-corrected chi connectivity index (χ3v) is 3.16. The number of carbonyl (C=O) groups is 1. The van der Waals surface area contributed by atoms with Gasteiger partial charge in [0.25, 0.3) is 5.91 Å². The molecule has 0 aliphatic carbocycles. The zero-order valence-corrected chi connectivity index (χ0v) is 10.8. The molecule has 1 aliphatic rings. The van der Waals surface area contributed by atoms with Gasteiger partial charge in [-0.2, -0.15) is 9.37 Å². The topological polar surface area (TPSA) is 42.4 Å². The van der Waals surface area contributed by atoms with Gasteiger partial charge in [-0.25, -0.2) is 0 Å². The van der Waals surface area contributed by atoms with E-state index in [0.29, 0.717) is 25.3 Å². The lowest BCUT2D eigenvalue weighted by Crippen LogP contribution is -2.31. The minimum absolute atomic E-state index is 0.0746. The van der Waals surface area contributed by atoms with E-state index in [4.69, 9.17) is 4.74 Å². The average molecular weight is 272 g/mol. The van der Waals surface area contributed by atoms with Crippen LogP contribution < -0.4 is 4.74 Å². The molecule has 0 saturated carbocycles. The first-order valence-corrected chi connectivity index (χ1v) is 6.36. The molecule has 0 saturated heterocycles. The minimum Gasteiger partial charge on any atom is -0.475 e. The van der Waals surface area contributed by atoms with Crippen molar-refractivity contribution in [1.29, 1.82) is 0 Å². The quantitative estimate of drug-likeness (QED) is 0.787. The summed E-state index contributed by atoms with van der Waals surface area (Å²) in [7, 11) is 0. The first kappa shape index (κ1) is 12.6. The second kappa shape index (κ2) is 5.28. The van der Waals surface area contributed by atoms with E-state index in [1.54, 1.807) is 4.90 Å². The Bertz CT molecular complexity index is 631. The molecule has 0 atom stereocenters. The summed E-state index contributed by atoms with van der Waals surface area (Å²) < 4.78 is 18.4. The van der Waals surface area contributed by atoms with E-state index in [1.165, 1.54) is 12.1 Å². The highest BCUT2D eigenvalue weighted by atomic mass is 19.1. The Labute approximate surface area is 115 Å². The van der Waals surface area contributed by atoms with Crippen LogP contribution in [0.4, 0.5) is 4.39 Å². The molecule has 0 N–H and O–H groups in total. The van der Waals surface area contributed by atoms with Gasteiger partial charge >= 0.3 is 0 Å². The normalized spacial score (nSPS) is 14.4. The van der Waals surface area contributed by atoms with Crippen molar-refractivity contribution in [3.05, 3.63) is 59.5 Å². The molecule has 20 heavy (non-hydrogen) atoms. The largest absolute Gasteiger partial charge is 0.475 e. The van der Waals surface area contributed by atoms with Gasteiger partial charge in [-0.15, -0.1) is 0 Å². The summed E-state index contributed by atoms with van der Waals surface area (Å²) in [6.45, 7) is 1.26.